The van der Waals surface area contributed by atoms with E-state index in [0.29, 0.717) is 11.2 Å². The summed E-state index contributed by atoms with van der Waals surface area (Å²) in [6.07, 6.45) is 5.05. The van der Waals surface area contributed by atoms with Gasteiger partial charge in [0.25, 0.3) is 0 Å². The fourth-order valence-electron chi connectivity index (χ4n) is 2.20. The lowest BCUT2D eigenvalue weighted by Crippen LogP contribution is -2.12. The maximum atomic E-state index is 13.3. The highest BCUT2D eigenvalue weighted by Crippen LogP contribution is 2.23. The van der Waals surface area contributed by atoms with Gasteiger partial charge in [-0.15, -0.1) is 0 Å². The standard InChI is InChI=1S/C16H12FN3O/c17-12-4-1-3-10(7-12)14(15(18)21)8-11-9-20-16-13(11)5-2-6-19-16/h1-9H,(H2,18,21)(H,19,20). The summed E-state index contributed by atoms with van der Waals surface area (Å²) in [7, 11) is 0. The first-order chi connectivity index (χ1) is 10.1. The van der Waals surface area contributed by atoms with Gasteiger partial charge in [-0.1, -0.05) is 12.1 Å². The molecule has 2 aromatic heterocycles. The third kappa shape index (κ3) is 2.53. The largest absolute Gasteiger partial charge is 0.366 e. The number of carbonyl (C=O) groups excluding carboxylic acids is 1. The van der Waals surface area contributed by atoms with Gasteiger partial charge in [0.05, 0.1) is 0 Å². The molecule has 104 valence electrons. The van der Waals surface area contributed by atoms with Gasteiger partial charge in [0, 0.05) is 28.9 Å². The van der Waals surface area contributed by atoms with Crippen molar-refractivity contribution >= 4 is 28.6 Å². The predicted octanol–water partition coefficient (Wildman–Crippen LogP) is 2.73. The number of halogens is 1. The van der Waals surface area contributed by atoms with Gasteiger partial charge in [-0.2, -0.15) is 0 Å². The number of H-pyrrole nitrogens is 1. The van der Waals surface area contributed by atoms with E-state index in [1.54, 1.807) is 30.6 Å². The minimum atomic E-state index is -0.612. The Bertz CT molecular complexity index is 851. The predicted molar refractivity (Wildman–Crippen MR) is 79.6 cm³/mol. The molecule has 3 N–H and O–H groups in total. The smallest absolute Gasteiger partial charge is 0.249 e. The molecule has 3 rings (SSSR count). The molecule has 1 amide bonds. The van der Waals surface area contributed by atoms with Crippen LogP contribution in [0.3, 0.4) is 0 Å². The number of primary amides is 1. The summed E-state index contributed by atoms with van der Waals surface area (Å²) in [6, 6.07) is 9.47. The number of fused-ring (bicyclic) bond motifs is 1. The van der Waals surface area contributed by atoms with E-state index in [1.165, 1.54) is 18.2 Å². The van der Waals surface area contributed by atoms with E-state index >= 15 is 0 Å². The molecule has 21 heavy (non-hydrogen) atoms. The molecule has 0 spiro atoms. The second-order valence-electron chi connectivity index (χ2n) is 4.58. The summed E-state index contributed by atoms with van der Waals surface area (Å²) in [6.45, 7) is 0. The van der Waals surface area contributed by atoms with Crippen molar-refractivity contribution in [2.45, 2.75) is 0 Å². The zero-order chi connectivity index (χ0) is 14.8. The summed E-state index contributed by atoms with van der Waals surface area (Å²) < 4.78 is 13.3. The maximum absolute atomic E-state index is 13.3. The van der Waals surface area contributed by atoms with Gasteiger partial charge in [-0.25, -0.2) is 9.37 Å². The summed E-state index contributed by atoms with van der Waals surface area (Å²) >= 11 is 0. The van der Waals surface area contributed by atoms with Crippen molar-refractivity contribution in [3.8, 4) is 0 Å². The molecule has 0 bridgehead atoms. The minimum Gasteiger partial charge on any atom is -0.366 e. The molecule has 0 aliphatic rings. The molecule has 0 atom stereocenters. The van der Waals surface area contributed by atoms with E-state index in [-0.39, 0.29) is 5.57 Å². The number of aromatic amines is 1. The van der Waals surface area contributed by atoms with Crippen LogP contribution in [-0.4, -0.2) is 15.9 Å². The van der Waals surface area contributed by atoms with Crippen LogP contribution in [0.5, 0.6) is 0 Å². The second kappa shape index (κ2) is 5.20. The number of aromatic nitrogens is 2. The van der Waals surface area contributed by atoms with E-state index in [1.807, 2.05) is 6.07 Å². The average molecular weight is 281 g/mol. The number of nitrogens with one attached hydrogen (secondary N) is 1. The fraction of sp³-hybridized carbons (Fsp3) is 0. The number of pyridine rings is 1. The lowest BCUT2D eigenvalue weighted by atomic mass is 10.0. The first-order valence-corrected chi connectivity index (χ1v) is 6.34. The van der Waals surface area contributed by atoms with Gasteiger partial charge in [0.1, 0.15) is 11.5 Å². The SMILES string of the molecule is NC(=O)C(=Cc1c[nH]c2ncccc12)c1cccc(F)c1. The van der Waals surface area contributed by atoms with Crippen molar-refractivity contribution in [1.29, 1.82) is 0 Å². The Balaban J connectivity index is 2.15. The number of nitrogens with zero attached hydrogens (tertiary/aromatic N) is 1. The van der Waals surface area contributed by atoms with Crippen molar-refractivity contribution in [2.75, 3.05) is 0 Å². The molecular weight excluding hydrogens is 269 g/mol. The van der Waals surface area contributed by atoms with E-state index < -0.39 is 11.7 Å². The van der Waals surface area contributed by atoms with Gasteiger partial charge in [0.15, 0.2) is 0 Å². The van der Waals surface area contributed by atoms with Crippen LogP contribution in [0.1, 0.15) is 11.1 Å². The Morgan fingerprint density at radius 1 is 1.29 bits per heavy atom. The Labute approximate surface area is 120 Å². The molecule has 3 aromatic rings. The fourth-order valence-corrected chi connectivity index (χ4v) is 2.20. The number of benzene rings is 1. The van der Waals surface area contributed by atoms with E-state index in [2.05, 4.69) is 9.97 Å². The summed E-state index contributed by atoms with van der Waals surface area (Å²) in [5, 5.41) is 0.868. The van der Waals surface area contributed by atoms with Crippen molar-refractivity contribution in [1.82, 2.24) is 9.97 Å². The van der Waals surface area contributed by atoms with Crippen LogP contribution in [0.2, 0.25) is 0 Å². The van der Waals surface area contributed by atoms with Gasteiger partial charge in [-0.05, 0) is 35.9 Å². The second-order valence-corrected chi connectivity index (χ2v) is 4.58. The van der Waals surface area contributed by atoms with Crippen molar-refractivity contribution in [3.63, 3.8) is 0 Å². The van der Waals surface area contributed by atoms with E-state index in [0.717, 1.165) is 10.9 Å². The maximum Gasteiger partial charge on any atom is 0.249 e. The molecule has 0 aliphatic carbocycles. The van der Waals surface area contributed by atoms with Crippen LogP contribution in [0, 0.1) is 5.82 Å². The third-order valence-electron chi connectivity index (χ3n) is 3.18. The zero-order valence-electron chi connectivity index (χ0n) is 11.0. The Morgan fingerprint density at radius 3 is 2.90 bits per heavy atom. The van der Waals surface area contributed by atoms with Gasteiger partial charge in [0.2, 0.25) is 5.91 Å². The highest BCUT2D eigenvalue weighted by atomic mass is 19.1. The minimum absolute atomic E-state index is 0.249. The third-order valence-corrected chi connectivity index (χ3v) is 3.18. The van der Waals surface area contributed by atoms with Crippen molar-refractivity contribution < 1.29 is 9.18 Å². The number of hydrogen-bond donors (Lipinski definition) is 2. The van der Waals surface area contributed by atoms with Crippen LogP contribution in [0.15, 0.2) is 48.8 Å². The number of carbonyl (C=O) groups is 1. The lowest BCUT2D eigenvalue weighted by Gasteiger charge is -2.04. The molecule has 0 saturated heterocycles. The van der Waals surface area contributed by atoms with Crippen LogP contribution in [-0.2, 0) is 4.79 Å². The number of nitrogens with two attached hydrogens (primary N) is 1. The molecule has 0 unspecified atom stereocenters. The Morgan fingerprint density at radius 2 is 2.14 bits per heavy atom. The molecule has 1 aromatic carbocycles. The van der Waals surface area contributed by atoms with Crippen LogP contribution in [0.25, 0.3) is 22.7 Å². The molecule has 0 fully saturated rings. The van der Waals surface area contributed by atoms with Gasteiger partial charge in [-0.3, -0.25) is 4.79 Å². The average Bonchev–Trinajstić information content (AvgIpc) is 2.87. The Hall–Kier alpha value is -2.95. The lowest BCUT2D eigenvalue weighted by molar-refractivity contribution is -0.112. The molecular formula is C16H12FN3O. The highest BCUT2D eigenvalue weighted by molar-refractivity contribution is 6.24. The number of amides is 1. The summed E-state index contributed by atoms with van der Waals surface area (Å²) in [4.78, 5) is 18.9. The number of hydrogen-bond acceptors (Lipinski definition) is 2. The van der Waals surface area contributed by atoms with Crippen LogP contribution < -0.4 is 5.73 Å². The first-order valence-electron chi connectivity index (χ1n) is 6.34. The number of rotatable bonds is 3. The van der Waals surface area contributed by atoms with Gasteiger partial charge < -0.3 is 10.7 Å². The van der Waals surface area contributed by atoms with Crippen molar-refractivity contribution in [3.05, 3.63) is 65.7 Å². The molecule has 0 radical (unpaired) electrons. The van der Waals surface area contributed by atoms with Crippen molar-refractivity contribution in [2.24, 2.45) is 5.73 Å². The summed E-state index contributed by atoms with van der Waals surface area (Å²) in [5.74, 6) is -1.03. The zero-order valence-corrected chi connectivity index (χ0v) is 11.0. The van der Waals surface area contributed by atoms with Crippen LogP contribution in [0.4, 0.5) is 4.39 Å². The first kappa shape index (κ1) is 13.1. The molecule has 0 saturated carbocycles. The van der Waals surface area contributed by atoms with Crippen LogP contribution >= 0.6 is 0 Å². The molecule has 2 heterocycles. The monoisotopic (exact) mass is 281 g/mol. The van der Waals surface area contributed by atoms with E-state index in [4.69, 9.17) is 5.73 Å². The molecule has 5 heteroatoms. The molecule has 4 nitrogen and oxygen atoms in total. The van der Waals surface area contributed by atoms with Gasteiger partial charge >= 0.3 is 0 Å². The molecule has 0 aliphatic heterocycles. The Kier molecular flexibility index (Phi) is 3.23. The highest BCUT2D eigenvalue weighted by Gasteiger charge is 2.11. The quantitative estimate of drug-likeness (QED) is 0.724. The normalized spacial score (nSPS) is 11.8. The van der Waals surface area contributed by atoms with E-state index in [9.17, 15) is 9.18 Å². The summed E-state index contributed by atoms with van der Waals surface area (Å²) in [5.41, 5.74) is 7.61. The topological polar surface area (TPSA) is 71.8 Å².